The highest BCUT2D eigenvalue weighted by molar-refractivity contribution is 8.18. The van der Waals surface area contributed by atoms with Gasteiger partial charge in [-0.25, -0.2) is 0 Å². The number of carbonyl (C=O) groups is 3. The van der Waals surface area contributed by atoms with E-state index in [0.717, 1.165) is 35.9 Å². The number of benzene rings is 1. The standard InChI is InChI=1S/C18H18Cl2N2O4S/c1-10-4-2-3-5-21(10)15(23)9-22-17(25)14(27-18(22)26)8-11-6-12(19)16(24)13(20)7-11/h6-8,10,24H,2-5,9H2,1H3/b14-8-/t10-/m1/s1. The number of amides is 3. The zero-order valence-corrected chi connectivity index (χ0v) is 16.9. The number of halogens is 2. The van der Waals surface area contributed by atoms with Crippen molar-refractivity contribution in [3.8, 4) is 5.75 Å². The fraction of sp³-hybridized carbons (Fsp3) is 0.389. The summed E-state index contributed by atoms with van der Waals surface area (Å²) in [5.74, 6) is -0.991. The monoisotopic (exact) mass is 428 g/mol. The summed E-state index contributed by atoms with van der Waals surface area (Å²) >= 11 is 12.5. The van der Waals surface area contributed by atoms with Gasteiger partial charge >= 0.3 is 0 Å². The predicted molar refractivity (Wildman–Crippen MR) is 106 cm³/mol. The van der Waals surface area contributed by atoms with E-state index >= 15 is 0 Å². The van der Waals surface area contributed by atoms with E-state index in [4.69, 9.17) is 23.2 Å². The van der Waals surface area contributed by atoms with Crippen LogP contribution in [0.4, 0.5) is 4.79 Å². The van der Waals surface area contributed by atoms with Crippen molar-refractivity contribution in [1.82, 2.24) is 9.80 Å². The van der Waals surface area contributed by atoms with Gasteiger partial charge in [-0.3, -0.25) is 19.3 Å². The van der Waals surface area contributed by atoms with Gasteiger partial charge in [-0.2, -0.15) is 0 Å². The number of hydrogen-bond donors (Lipinski definition) is 1. The minimum absolute atomic E-state index is 0.0437. The number of aromatic hydroxyl groups is 1. The Labute approximate surface area is 171 Å². The molecule has 6 nitrogen and oxygen atoms in total. The van der Waals surface area contributed by atoms with E-state index in [0.29, 0.717) is 12.1 Å². The lowest BCUT2D eigenvalue weighted by Gasteiger charge is -2.34. The van der Waals surface area contributed by atoms with Gasteiger partial charge < -0.3 is 10.0 Å². The number of imide groups is 1. The zero-order chi connectivity index (χ0) is 19.7. The summed E-state index contributed by atoms with van der Waals surface area (Å²) in [5.41, 5.74) is 0.476. The topological polar surface area (TPSA) is 77.9 Å². The van der Waals surface area contributed by atoms with Crippen molar-refractivity contribution in [2.24, 2.45) is 0 Å². The Bertz CT molecular complexity index is 820. The Hall–Kier alpha value is -1.70. The second-order valence-electron chi connectivity index (χ2n) is 6.53. The Morgan fingerprint density at radius 3 is 2.59 bits per heavy atom. The van der Waals surface area contributed by atoms with Crippen LogP contribution in [0, 0.1) is 0 Å². The molecule has 3 rings (SSSR count). The molecular weight excluding hydrogens is 411 g/mol. The van der Waals surface area contributed by atoms with Gasteiger partial charge in [0.2, 0.25) is 5.91 Å². The maximum Gasteiger partial charge on any atom is 0.294 e. The van der Waals surface area contributed by atoms with E-state index in [1.807, 2.05) is 6.92 Å². The van der Waals surface area contributed by atoms with Gasteiger partial charge in [0.25, 0.3) is 11.1 Å². The number of piperidine rings is 1. The number of likely N-dealkylation sites (tertiary alicyclic amines) is 1. The average molecular weight is 429 g/mol. The summed E-state index contributed by atoms with van der Waals surface area (Å²) in [5, 5.41) is 9.21. The largest absolute Gasteiger partial charge is 0.505 e. The minimum Gasteiger partial charge on any atom is -0.505 e. The molecular formula is C18H18Cl2N2O4S. The van der Waals surface area contributed by atoms with Crippen LogP contribution in [0.15, 0.2) is 17.0 Å². The lowest BCUT2D eigenvalue weighted by atomic mass is 10.0. The molecule has 0 bridgehead atoms. The third kappa shape index (κ3) is 4.25. The van der Waals surface area contributed by atoms with Crippen molar-refractivity contribution in [2.75, 3.05) is 13.1 Å². The maximum atomic E-state index is 12.6. The summed E-state index contributed by atoms with van der Waals surface area (Å²) in [6.07, 6.45) is 4.40. The highest BCUT2D eigenvalue weighted by Crippen LogP contribution is 2.36. The molecule has 9 heteroatoms. The minimum atomic E-state index is -0.525. The lowest BCUT2D eigenvalue weighted by molar-refractivity contribution is -0.138. The molecule has 0 saturated carbocycles. The molecule has 144 valence electrons. The average Bonchev–Trinajstić information content (AvgIpc) is 2.87. The van der Waals surface area contributed by atoms with Crippen molar-refractivity contribution in [2.45, 2.75) is 32.2 Å². The van der Waals surface area contributed by atoms with Crippen LogP contribution in [0.3, 0.4) is 0 Å². The van der Waals surface area contributed by atoms with E-state index in [1.165, 1.54) is 18.2 Å². The number of phenolic OH excluding ortho intramolecular Hbond substituents is 1. The number of rotatable bonds is 3. The molecule has 1 N–H and O–H groups in total. The van der Waals surface area contributed by atoms with Crippen molar-refractivity contribution in [3.05, 3.63) is 32.6 Å². The quantitative estimate of drug-likeness (QED) is 0.731. The first-order valence-electron chi connectivity index (χ1n) is 8.50. The highest BCUT2D eigenvalue weighted by Gasteiger charge is 2.38. The Balaban J connectivity index is 1.76. The van der Waals surface area contributed by atoms with Gasteiger partial charge in [0.15, 0.2) is 5.75 Å². The van der Waals surface area contributed by atoms with E-state index in [-0.39, 0.29) is 39.2 Å². The number of phenols is 1. The van der Waals surface area contributed by atoms with Crippen LogP contribution in [0.5, 0.6) is 5.75 Å². The van der Waals surface area contributed by atoms with Crippen molar-refractivity contribution in [1.29, 1.82) is 0 Å². The highest BCUT2D eigenvalue weighted by atomic mass is 35.5. The third-order valence-corrected chi connectivity index (χ3v) is 6.11. The third-order valence-electron chi connectivity index (χ3n) is 4.63. The van der Waals surface area contributed by atoms with E-state index in [2.05, 4.69) is 0 Å². The van der Waals surface area contributed by atoms with Crippen molar-refractivity contribution < 1.29 is 19.5 Å². The van der Waals surface area contributed by atoms with Gasteiger partial charge in [-0.1, -0.05) is 23.2 Å². The molecule has 27 heavy (non-hydrogen) atoms. The molecule has 0 unspecified atom stereocenters. The predicted octanol–water partition coefficient (Wildman–Crippen LogP) is 4.14. The lowest BCUT2D eigenvalue weighted by Crippen LogP contribution is -2.47. The zero-order valence-electron chi connectivity index (χ0n) is 14.6. The number of hydrogen-bond acceptors (Lipinski definition) is 5. The Kier molecular flexibility index (Phi) is 6.03. The number of carbonyl (C=O) groups excluding carboxylic acids is 3. The molecule has 3 amide bonds. The molecule has 2 heterocycles. The van der Waals surface area contributed by atoms with Crippen LogP contribution in [-0.4, -0.2) is 51.1 Å². The first-order chi connectivity index (χ1) is 12.8. The van der Waals surface area contributed by atoms with Gasteiger partial charge in [0, 0.05) is 12.6 Å². The van der Waals surface area contributed by atoms with Crippen LogP contribution in [0.25, 0.3) is 6.08 Å². The molecule has 2 aliphatic rings. The second-order valence-corrected chi connectivity index (χ2v) is 8.34. The van der Waals surface area contributed by atoms with Gasteiger partial charge in [-0.05, 0) is 61.7 Å². The van der Waals surface area contributed by atoms with Gasteiger partial charge in [0.05, 0.1) is 15.0 Å². The van der Waals surface area contributed by atoms with Crippen LogP contribution in [-0.2, 0) is 9.59 Å². The van der Waals surface area contributed by atoms with Crippen LogP contribution in [0.1, 0.15) is 31.7 Å². The molecule has 1 atom stereocenters. The molecule has 2 aliphatic heterocycles. The summed E-state index contributed by atoms with van der Waals surface area (Å²) < 4.78 is 0. The summed E-state index contributed by atoms with van der Waals surface area (Å²) in [4.78, 5) is 40.2. The van der Waals surface area contributed by atoms with E-state index in [1.54, 1.807) is 4.90 Å². The van der Waals surface area contributed by atoms with Gasteiger partial charge in [0.1, 0.15) is 6.54 Å². The molecule has 0 aromatic heterocycles. The molecule has 0 spiro atoms. The number of thioether (sulfide) groups is 1. The molecule has 2 fully saturated rings. The molecule has 0 aliphatic carbocycles. The summed E-state index contributed by atoms with van der Waals surface area (Å²) in [6, 6.07) is 3.00. The maximum absolute atomic E-state index is 12.6. The fourth-order valence-electron chi connectivity index (χ4n) is 3.15. The molecule has 2 saturated heterocycles. The first-order valence-corrected chi connectivity index (χ1v) is 10.1. The van der Waals surface area contributed by atoms with Crippen LogP contribution < -0.4 is 0 Å². The van der Waals surface area contributed by atoms with Crippen LogP contribution >= 0.6 is 35.0 Å². The fourth-order valence-corrected chi connectivity index (χ4v) is 4.49. The smallest absolute Gasteiger partial charge is 0.294 e. The van der Waals surface area contributed by atoms with Gasteiger partial charge in [-0.15, -0.1) is 0 Å². The Morgan fingerprint density at radius 2 is 1.96 bits per heavy atom. The van der Waals surface area contributed by atoms with E-state index < -0.39 is 11.1 Å². The SMILES string of the molecule is C[C@@H]1CCCCN1C(=O)CN1C(=O)S/C(=C\c2cc(Cl)c(O)c(Cl)c2)C1=O. The summed E-state index contributed by atoms with van der Waals surface area (Å²) in [7, 11) is 0. The first kappa shape index (κ1) is 20.0. The van der Waals surface area contributed by atoms with Crippen molar-refractivity contribution >= 4 is 58.1 Å². The van der Waals surface area contributed by atoms with Crippen LogP contribution in [0.2, 0.25) is 10.0 Å². The molecule has 1 aromatic carbocycles. The Morgan fingerprint density at radius 1 is 1.30 bits per heavy atom. The van der Waals surface area contributed by atoms with E-state index in [9.17, 15) is 19.5 Å². The molecule has 1 aromatic rings. The summed E-state index contributed by atoms with van der Waals surface area (Å²) in [6.45, 7) is 2.36. The second kappa shape index (κ2) is 8.12. The number of nitrogens with zero attached hydrogens (tertiary/aromatic N) is 2. The molecule has 0 radical (unpaired) electrons. The van der Waals surface area contributed by atoms with Crippen molar-refractivity contribution in [3.63, 3.8) is 0 Å². The normalized spacial score (nSPS) is 22.0.